The zero-order chi connectivity index (χ0) is 14.4. The van der Waals surface area contributed by atoms with E-state index in [1.165, 1.54) is 53.6 Å². The van der Waals surface area contributed by atoms with E-state index in [9.17, 15) is 0 Å². The highest BCUT2D eigenvalue weighted by molar-refractivity contribution is 9.11. The van der Waals surface area contributed by atoms with E-state index in [-0.39, 0.29) is 0 Å². The SMILES string of the molecule is CCCCC1CCC(C(NCC)c2ccc(Br)s2)CC1. The number of unbranched alkanes of at least 4 members (excludes halogenated alkanes) is 1. The number of hydrogen-bond donors (Lipinski definition) is 1. The van der Waals surface area contributed by atoms with Crippen molar-refractivity contribution in [2.24, 2.45) is 11.8 Å². The van der Waals surface area contributed by atoms with Crippen molar-refractivity contribution in [1.29, 1.82) is 0 Å². The van der Waals surface area contributed by atoms with E-state index in [4.69, 9.17) is 0 Å². The Balaban J connectivity index is 1.91. The van der Waals surface area contributed by atoms with Gasteiger partial charge in [-0.3, -0.25) is 0 Å². The molecule has 1 nitrogen and oxygen atoms in total. The molecule has 0 bridgehead atoms. The Labute approximate surface area is 136 Å². The molecule has 1 aromatic heterocycles. The topological polar surface area (TPSA) is 12.0 Å². The van der Waals surface area contributed by atoms with Crippen LogP contribution in [0.4, 0.5) is 0 Å². The van der Waals surface area contributed by atoms with Gasteiger partial charge in [0.05, 0.1) is 3.79 Å². The molecule has 3 heteroatoms. The summed E-state index contributed by atoms with van der Waals surface area (Å²) in [5.74, 6) is 1.84. The second-order valence-electron chi connectivity index (χ2n) is 6.10. The summed E-state index contributed by atoms with van der Waals surface area (Å²) in [6, 6.07) is 5.06. The van der Waals surface area contributed by atoms with Crippen molar-refractivity contribution in [2.75, 3.05) is 6.54 Å². The summed E-state index contributed by atoms with van der Waals surface area (Å²) in [6.07, 6.45) is 9.92. The molecule has 0 amide bonds. The Hall–Kier alpha value is 0.140. The molecule has 0 saturated heterocycles. The summed E-state index contributed by atoms with van der Waals surface area (Å²) < 4.78 is 1.26. The van der Waals surface area contributed by atoms with Crippen LogP contribution in [-0.4, -0.2) is 6.54 Å². The predicted molar refractivity (Wildman–Crippen MR) is 93.4 cm³/mol. The zero-order valence-electron chi connectivity index (χ0n) is 12.8. The van der Waals surface area contributed by atoms with Gasteiger partial charge in [-0.05, 0) is 59.3 Å². The smallest absolute Gasteiger partial charge is 0.0701 e. The lowest BCUT2D eigenvalue weighted by Crippen LogP contribution is -2.30. The third kappa shape index (κ3) is 4.57. The predicted octanol–water partition coefficient (Wildman–Crippen LogP) is 6.16. The summed E-state index contributed by atoms with van der Waals surface area (Å²) >= 11 is 5.50. The van der Waals surface area contributed by atoms with Crippen molar-refractivity contribution in [1.82, 2.24) is 5.32 Å². The van der Waals surface area contributed by atoms with Crippen LogP contribution >= 0.6 is 27.3 Å². The number of rotatable bonds is 7. The molecule has 1 saturated carbocycles. The van der Waals surface area contributed by atoms with Gasteiger partial charge in [-0.15, -0.1) is 11.3 Å². The second kappa shape index (κ2) is 8.55. The lowest BCUT2D eigenvalue weighted by molar-refractivity contribution is 0.216. The number of nitrogens with one attached hydrogen (secondary N) is 1. The van der Waals surface area contributed by atoms with E-state index in [0.717, 1.165) is 18.4 Å². The maximum absolute atomic E-state index is 3.73. The van der Waals surface area contributed by atoms with Gasteiger partial charge >= 0.3 is 0 Å². The van der Waals surface area contributed by atoms with Crippen molar-refractivity contribution in [3.63, 3.8) is 0 Å². The lowest BCUT2D eigenvalue weighted by Gasteiger charge is -2.34. The van der Waals surface area contributed by atoms with Gasteiger partial charge < -0.3 is 5.32 Å². The van der Waals surface area contributed by atoms with E-state index in [2.05, 4.69) is 47.2 Å². The van der Waals surface area contributed by atoms with Gasteiger partial charge in [0.15, 0.2) is 0 Å². The first-order valence-corrected chi connectivity index (χ1v) is 9.84. The molecule has 1 heterocycles. The molecular weight excluding hydrogens is 330 g/mol. The van der Waals surface area contributed by atoms with Gasteiger partial charge in [0.2, 0.25) is 0 Å². The van der Waals surface area contributed by atoms with Crippen LogP contribution in [0.15, 0.2) is 15.9 Å². The van der Waals surface area contributed by atoms with E-state index >= 15 is 0 Å². The Bertz CT molecular complexity index is 382. The Morgan fingerprint density at radius 1 is 1.25 bits per heavy atom. The van der Waals surface area contributed by atoms with Crippen molar-refractivity contribution >= 4 is 27.3 Å². The first-order chi connectivity index (χ1) is 9.74. The van der Waals surface area contributed by atoms with Crippen molar-refractivity contribution in [3.05, 3.63) is 20.8 Å². The second-order valence-corrected chi connectivity index (χ2v) is 8.59. The molecule has 1 aromatic rings. The lowest BCUT2D eigenvalue weighted by atomic mass is 9.76. The van der Waals surface area contributed by atoms with Crippen LogP contribution < -0.4 is 5.32 Å². The third-order valence-electron chi connectivity index (χ3n) is 4.65. The molecule has 0 radical (unpaired) electrons. The standard InChI is InChI=1S/C17H28BrNS/c1-3-5-6-13-7-9-14(10-8-13)17(19-4-2)15-11-12-16(18)20-15/h11-14,17,19H,3-10H2,1-2H3. The number of thiophene rings is 1. The average molecular weight is 358 g/mol. The normalized spacial score (nSPS) is 24.8. The van der Waals surface area contributed by atoms with Gasteiger partial charge in [0, 0.05) is 10.9 Å². The first-order valence-electron chi connectivity index (χ1n) is 8.23. The molecule has 20 heavy (non-hydrogen) atoms. The molecule has 1 unspecified atom stereocenters. The van der Waals surface area contributed by atoms with Crippen LogP contribution in [0, 0.1) is 11.8 Å². The monoisotopic (exact) mass is 357 g/mol. The highest BCUT2D eigenvalue weighted by atomic mass is 79.9. The van der Waals surface area contributed by atoms with Crippen LogP contribution in [0.3, 0.4) is 0 Å². The first kappa shape index (κ1) is 16.5. The van der Waals surface area contributed by atoms with Crippen LogP contribution in [0.2, 0.25) is 0 Å². The van der Waals surface area contributed by atoms with Crippen LogP contribution in [0.1, 0.15) is 69.7 Å². The fourth-order valence-electron chi connectivity index (χ4n) is 3.52. The van der Waals surface area contributed by atoms with Crippen molar-refractivity contribution < 1.29 is 0 Å². The summed E-state index contributed by atoms with van der Waals surface area (Å²) in [5, 5.41) is 3.73. The Kier molecular flexibility index (Phi) is 7.06. The third-order valence-corrected chi connectivity index (χ3v) is 6.36. The molecule has 1 aliphatic rings. The molecular formula is C17H28BrNS. The number of halogens is 1. The summed E-state index contributed by atoms with van der Waals surface area (Å²) in [7, 11) is 0. The molecule has 1 aliphatic carbocycles. The van der Waals surface area contributed by atoms with Crippen LogP contribution in [0.5, 0.6) is 0 Å². The maximum atomic E-state index is 3.73. The molecule has 114 valence electrons. The fraction of sp³-hybridized carbons (Fsp3) is 0.765. The molecule has 1 fully saturated rings. The fourth-order valence-corrected chi connectivity index (χ4v) is 5.11. The van der Waals surface area contributed by atoms with Gasteiger partial charge in [0.25, 0.3) is 0 Å². The Morgan fingerprint density at radius 3 is 2.55 bits per heavy atom. The van der Waals surface area contributed by atoms with Crippen molar-refractivity contribution in [3.8, 4) is 0 Å². The van der Waals surface area contributed by atoms with Crippen LogP contribution in [-0.2, 0) is 0 Å². The quantitative estimate of drug-likeness (QED) is 0.616. The summed E-state index contributed by atoms with van der Waals surface area (Å²) in [6.45, 7) is 5.60. The molecule has 2 rings (SSSR count). The minimum Gasteiger partial charge on any atom is -0.309 e. The van der Waals surface area contributed by atoms with Gasteiger partial charge in [-0.1, -0.05) is 46.0 Å². The van der Waals surface area contributed by atoms with Crippen LogP contribution in [0.25, 0.3) is 0 Å². The van der Waals surface area contributed by atoms with E-state index in [1.54, 1.807) is 0 Å². The minimum absolute atomic E-state index is 0.573. The van der Waals surface area contributed by atoms with E-state index < -0.39 is 0 Å². The molecule has 1 N–H and O–H groups in total. The van der Waals surface area contributed by atoms with E-state index in [1.807, 2.05) is 11.3 Å². The van der Waals surface area contributed by atoms with E-state index in [0.29, 0.717) is 6.04 Å². The molecule has 0 spiro atoms. The molecule has 0 aliphatic heterocycles. The largest absolute Gasteiger partial charge is 0.309 e. The molecule has 1 atom stereocenters. The van der Waals surface area contributed by atoms with Gasteiger partial charge in [-0.2, -0.15) is 0 Å². The highest BCUT2D eigenvalue weighted by Crippen LogP contribution is 2.40. The highest BCUT2D eigenvalue weighted by Gasteiger charge is 2.28. The maximum Gasteiger partial charge on any atom is 0.0701 e. The summed E-state index contributed by atoms with van der Waals surface area (Å²) in [5.41, 5.74) is 0. The number of hydrogen-bond acceptors (Lipinski definition) is 2. The minimum atomic E-state index is 0.573. The molecule has 0 aromatic carbocycles. The Morgan fingerprint density at radius 2 is 2.00 bits per heavy atom. The van der Waals surface area contributed by atoms with Crippen molar-refractivity contribution in [2.45, 2.75) is 64.8 Å². The van der Waals surface area contributed by atoms with Gasteiger partial charge in [0.1, 0.15) is 0 Å². The summed E-state index contributed by atoms with van der Waals surface area (Å²) in [4.78, 5) is 1.51. The van der Waals surface area contributed by atoms with Gasteiger partial charge in [-0.25, -0.2) is 0 Å². The zero-order valence-corrected chi connectivity index (χ0v) is 15.2. The average Bonchev–Trinajstić information content (AvgIpc) is 2.89.